The Hall–Kier alpha value is -1.82. The molecule has 1 heterocycles. The molecule has 0 saturated heterocycles. The Kier molecular flexibility index (Phi) is 4.44. The van der Waals surface area contributed by atoms with E-state index in [2.05, 4.69) is 10.4 Å². The molecule has 0 spiro atoms. The second kappa shape index (κ2) is 6.09. The summed E-state index contributed by atoms with van der Waals surface area (Å²) in [5, 5.41) is 7.38. The molecule has 0 fully saturated rings. The SMILES string of the molecule is CC(CS(C)(=O)=O)Nc1cccc(Cn2cccn2)c1. The molecular formula is C14H19N3O2S. The van der Waals surface area contributed by atoms with E-state index in [0.717, 1.165) is 11.3 Å². The molecule has 0 radical (unpaired) electrons. The lowest BCUT2D eigenvalue weighted by Gasteiger charge is -2.15. The smallest absolute Gasteiger partial charge is 0.149 e. The van der Waals surface area contributed by atoms with Gasteiger partial charge in [-0.15, -0.1) is 0 Å². The first-order valence-electron chi connectivity index (χ1n) is 6.43. The standard InChI is InChI=1S/C14H19N3O2S/c1-12(11-20(2,18)19)16-14-6-3-5-13(9-14)10-17-8-4-7-15-17/h3-9,12,16H,10-11H2,1-2H3. The van der Waals surface area contributed by atoms with Gasteiger partial charge in [-0.25, -0.2) is 8.42 Å². The Labute approximate surface area is 119 Å². The van der Waals surface area contributed by atoms with Gasteiger partial charge in [-0.1, -0.05) is 12.1 Å². The van der Waals surface area contributed by atoms with Crippen molar-refractivity contribution in [2.24, 2.45) is 0 Å². The lowest BCUT2D eigenvalue weighted by atomic mass is 10.2. The van der Waals surface area contributed by atoms with E-state index in [4.69, 9.17) is 0 Å². The molecule has 1 aromatic carbocycles. The van der Waals surface area contributed by atoms with Crippen molar-refractivity contribution in [1.29, 1.82) is 0 Å². The number of hydrogen-bond acceptors (Lipinski definition) is 4. The van der Waals surface area contributed by atoms with E-state index in [1.165, 1.54) is 6.26 Å². The van der Waals surface area contributed by atoms with Crippen molar-refractivity contribution in [1.82, 2.24) is 9.78 Å². The van der Waals surface area contributed by atoms with Gasteiger partial charge in [0.15, 0.2) is 0 Å². The fraction of sp³-hybridized carbons (Fsp3) is 0.357. The fourth-order valence-electron chi connectivity index (χ4n) is 2.12. The molecule has 5 nitrogen and oxygen atoms in total. The maximum absolute atomic E-state index is 11.3. The first kappa shape index (κ1) is 14.6. The summed E-state index contributed by atoms with van der Waals surface area (Å²) in [6.45, 7) is 2.56. The van der Waals surface area contributed by atoms with Gasteiger partial charge in [0.2, 0.25) is 0 Å². The molecule has 0 amide bonds. The summed E-state index contributed by atoms with van der Waals surface area (Å²) in [5.41, 5.74) is 2.04. The lowest BCUT2D eigenvalue weighted by molar-refractivity contribution is 0.598. The Morgan fingerprint density at radius 1 is 1.35 bits per heavy atom. The normalized spacial score (nSPS) is 13.1. The highest BCUT2D eigenvalue weighted by Crippen LogP contribution is 2.13. The van der Waals surface area contributed by atoms with Crippen molar-refractivity contribution in [3.05, 3.63) is 48.3 Å². The predicted octanol–water partition coefficient (Wildman–Crippen LogP) is 1.78. The van der Waals surface area contributed by atoms with Crippen LogP contribution in [0.3, 0.4) is 0 Å². The van der Waals surface area contributed by atoms with Crippen LogP contribution in [-0.4, -0.2) is 36.2 Å². The van der Waals surface area contributed by atoms with E-state index in [9.17, 15) is 8.42 Å². The molecule has 0 saturated carbocycles. The number of hydrogen-bond donors (Lipinski definition) is 1. The minimum Gasteiger partial charge on any atom is -0.382 e. The van der Waals surface area contributed by atoms with Gasteiger partial charge in [-0.3, -0.25) is 4.68 Å². The number of sulfone groups is 1. The van der Waals surface area contributed by atoms with E-state index in [0.29, 0.717) is 6.54 Å². The second-order valence-corrected chi connectivity index (χ2v) is 7.23. The van der Waals surface area contributed by atoms with Gasteiger partial charge in [0.25, 0.3) is 0 Å². The molecule has 1 unspecified atom stereocenters. The van der Waals surface area contributed by atoms with Crippen LogP contribution >= 0.6 is 0 Å². The van der Waals surface area contributed by atoms with Gasteiger partial charge in [-0.05, 0) is 30.7 Å². The predicted molar refractivity (Wildman–Crippen MR) is 80.6 cm³/mol. The molecule has 6 heteroatoms. The highest BCUT2D eigenvalue weighted by Gasteiger charge is 2.10. The van der Waals surface area contributed by atoms with Crippen molar-refractivity contribution in [2.45, 2.75) is 19.5 Å². The van der Waals surface area contributed by atoms with Crippen LogP contribution in [0.5, 0.6) is 0 Å². The van der Waals surface area contributed by atoms with E-state index in [-0.39, 0.29) is 11.8 Å². The first-order chi connectivity index (χ1) is 9.42. The fourth-order valence-corrected chi connectivity index (χ4v) is 3.11. The zero-order valence-electron chi connectivity index (χ0n) is 11.7. The summed E-state index contributed by atoms with van der Waals surface area (Å²) < 4.78 is 24.4. The van der Waals surface area contributed by atoms with E-state index < -0.39 is 9.84 Å². The second-order valence-electron chi connectivity index (χ2n) is 5.04. The van der Waals surface area contributed by atoms with E-state index in [1.807, 2.05) is 48.1 Å². The number of benzene rings is 1. The minimum absolute atomic E-state index is 0.120. The summed E-state index contributed by atoms with van der Waals surface area (Å²) in [6, 6.07) is 9.69. The summed E-state index contributed by atoms with van der Waals surface area (Å²) in [4.78, 5) is 0. The van der Waals surface area contributed by atoms with Gasteiger partial charge < -0.3 is 5.32 Å². The highest BCUT2D eigenvalue weighted by atomic mass is 32.2. The van der Waals surface area contributed by atoms with Crippen molar-refractivity contribution in [3.63, 3.8) is 0 Å². The maximum atomic E-state index is 11.3. The van der Waals surface area contributed by atoms with Crippen molar-refractivity contribution < 1.29 is 8.42 Å². The molecule has 0 aliphatic carbocycles. The largest absolute Gasteiger partial charge is 0.382 e. The van der Waals surface area contributed by atoms with Crippen LogP contribution < -0.4 is 5.32 Å². The average Bonchev–Trinajstić information content (AvgIpc) is 2.79. The highest BCUT2D eigenvalue weighted by molar-refractivity contribution is 7.90. The molecule has 1 atom stereocenters. The molecule has 2 rings (SSSR count). The molecule has 2 aromatic rings. The van der Waals surface area contributed by atoms with Gasteiger partial charge in [0.1, 0.15) is 9.84 Å². The van der Waals surface area contributed by atoms with Crippen LogP contribution in [0.1, 0.15) is 12.5 Å². The summed E-state index contributed by atoms with van der Waals surface area (Å²) in [6.07, 6.45) is 4.90. The third-order valence-electron chi connectivity index (χ3n) is 2.80. The van der Waals surface area contributed by atoms with Crippen molar-refractivity contribution >= 4 is 15.5 Å². The first-order valence-corrected chi connectivity index (χ1v) is 8.49. The summed E-state index contributed by atoms with van der Waals surface area (Å²) >= 11 is 0. The van der Waals surface area contributed by atoms with E-state index >= 15 is 0 Å². The number of aromatic nitrogens is 2. The zero-order valence-corrected chi connectivity index (χ0v) is 12.5. The van der Waals surface area contributed by atoms with Crippen molar-refractivity contribution in [3.8, 4) is 0 Å². The van der Waals surface area contributed by atoms with Gasteiger partial charge in [-0.2, -0.15) is 5.10 Å². The average molecular weight is 293 g/mol. The Morgan fingerprint density at radius 2 is 2.15 bits per heavy atom. The van der Waals surface area contributed by atoms with Crippen LogP contribution in [-0.2, 0) is 16.4 Å². The van der Waals surface area contributed by atoms with Gasteiger partial charge in [0.05, 0.1) is 12.3 Å². The van der Waals surface area contributed by atoms with Crippen LogP contribution in [0.15, 0.2) is 42.7 Å². The maximum Gasteiger partial charge on any atom is 0.149 e. The minimum atomic E-state index is -2.97. The van der Waals surface area contributed by atoms with Crippen LogP contribution in [0, 0.1) is 0 Å². The topological polar surface area (TPSA) is 64.0 Å². The molecule has 1 N–H and O–H groups in total. The quantitative estimate of drug-likeness (QED) is 0.881. The summed E-state index contributed by atoms with van der Waals surface area (Å²) in [7, 11) is -2.97. The lowest BCUT2D eigenvalue weighted by Crippen LogP contribution is -2.25. The molecule has 108 valence electrons. The molecule has 0 aliphatic rings. The Morgan fingerprint density at radius 3 is 2.80 bits per heavy atom. The van der Waals surface area contributed by atoms with Crippen LogP contribution in [0.25, 0.3) is 0 Å². The molecule has 20 heavy (non-hydrogen) atoms. The van der Waals surface area contributed by atoms with Crippen LogP contribution in [0.2, 0.25) is 0 Å². The number of rotatable bonds is 6. The van der Waals surface area contributed by atoms with Crippen molar-refractivity contribution in [2.75, 3.05) is 17.3 Å². The number of nitrogens with one attached hydrogen (secondary N) is 1. The zero-order chi connectivity index (χ0) is 14.6. The molecule has 0 bridgehead atoms. The molecule has 0 aliphatic heterocycles. The molecular weight excluding hydrogens is 274 g/mol. The number of anilines is 1. The Bertz CT molecular complexity index is 651. The van der Waals surface area contributed by atoms with Gasteiger partial charge >= 0.3 is 0 Å². The van der Waals surface area contributed by atoms with Gasteiger partial charge in [0, 0.05) is 30.4 Å². The third kappa shape index (κ3) is 4.70. The van der Waals surface area contributed by atoms with E-state index in [1.54, 1.807) is 6.20 Å². The molecule has 1 aromatic heterocycles. The summed E-state index contributed by atoms with van der Waals surface area (Å²) in [5.74, 6) is 0.121. The number of nitrogens with zero attached hydrogens (tertiary/aromatic N) is 2. The monoisotopic (exact) mass is 293 g/mol. The van der Waals surface area contributed by atoms with Crippen LogP contribution in [0.4, 0.5) is 5.69 Å². The Balaban J connectivity index is 2.02. The third-order valence-corrected chi connectivity index (χ3v) is 3.90.